The van der Waals surface area contributed by atoms with Crippen LogP contribution in [0.15, 0.2) is 75.1 Å². The maximum Gasteiger partial charge on any atom is 0.282 e. The lowest BCUT2D eigenvalue weighted by atomic mass is 10.2. The van der Waals surface area contributed by atoms with E-state index in [9.17, 15) is 9.59 Å². The molecule has 0 radical (unpaired) electrons. The zero-order valence-corrected chi connectivity index (χ0v) is 16.1. The molecule has 1 aromatic heterocycles. The molecule has 1 aliphatic rings. The zero-order valence-electron chi connectivity index (χ0n) is 13.8. The third-order valence-corrected chi connectivity index (χ3v) is 5.26. The second-order valence-electron chi connectivity index (χ2n) is 5.81. The molecule has 0 atom stereocenters. The molecule has 0 unspecified atom stereocenters. The molecule has 5 nitrogen and oxygen atoms in total. The number of nitrogens with zero attached hydrogens (tertiary/aromatic N) is 1. The van der Waals surface area contributed by atoms with Crippen molar-refractivity contribution in [2.45, 2.75) is 0 Å². The van der Waals surface area contributed by atoms with Crippen molar-refractivity contribution in [1.82, 2.24) is 5.43 Å². The van der Waals surface area contributed by atoms with E-state index in [-0.39, 0.29) is 5.57 Å². The molecule has 134 valence electrons. The lowest BCUT2D eigenvalue weighted by molar-refractivity contribution is -0.117. The first-order valence-corrected chi connectivity index (χ1v) is 9.17. The number of hydrogen-bond donors (Lipinski definition) is 1. The van der Waals surface area contributed by atoms with Gasteiger partial charge in [-0.1, -0.05) is 35.9 Å². The summed E-state index contributed by atoms with van der Waals surface area (Å²) in [7, 11) is 0. The summed E-state index contributed by atoms with van der Waals surface area (Å²) < 4.78 is 6.55. The molecular formula is C20H12BrClN2O3. The third kappa shape index (κ3) is 3.41. The van der Waals surface area contributed by atoms with Gasteiger partial charge in [-0.3, -0.25) is 15.0 Å². The molecule has 7 heteroatoms. The first kappa shape index (κ1) is 17.6. The van der Waals surface area contributed by atoms with E-state index in [1.807, 2.05) is 18.2 Å². The maximum atomic E-state index is 12.6. The third-order valence-electron chi connectivity index (χ3n) is 4.02. The van der Waals surface area contributed by atoms with Crippen molar-refractivity contribution in [3.8, 4) is 11.3 Å². The minimum absolute atomic E-state index is 0.00796. The van der Waals surface area contributed by atoms with Crippen molar-refractivity contribution >= 4 is 51.1 Å². The molecule has 1 N–H and O–H groups in total. The van der Waals surface area contributed by atoms with Crippen LogP contribution in [0.4, 0.5) is 5.69 Å². The zero-order chi connectivity index (χ0) is 19.0. The minimum Gasteiger partial charge on any atom is -0.457 e. The number of halogens is 2. The van der Waals surface area contributed by atoms with Gasteiger partial charge < -0.3 is 4.42 Å². The number of hydrazine groups is 1. The fourth-order valence-electron chi connectivity index (χ4n) is 2.69. The highest BCUT2D eigenvalue weighted by atomic mass is 79.9. The number of carbonyl (C=O) groups is 2. The summed E-state index contributed by atoms with van der Waals surface area (Å²) in [6, 6.07) is 17.8. The molecule has 1 fully saturated rings. The predicted molar refractivity (Wildman–Crippen MR) is 107 cm³/mol. The molecule has 3 aromatic rings. The first-order valence-electron chi connectivity index (χ1n) is 8.00. The van der Waals surface area contributed by atoms with Crippen molar-refractivity contribution in [3.63, 3.8) is 0 Å². The Morgan fingerprint density at radius 1 is 1.04 bits per heavy atom. The number of para-hydroxylation sites is 1. The van der Waals surface area contributed by atoms with Gasteiger partial charge in [0.25, 0.3) is 11.8 Å². The topological polar surface area (TPSA) is 62.6 Å². The molecule has 27 heavy (non-hydrogen) atoms. The summed E-state index contributed by atoms with van der Waals surface area (Å²) >= 11 is 9.46. The van der Waals surface area contributed by atoms with E-state index in [0.717, 1.165) is 10.0 Å². The van der Waals surface area contributed by atoms with Crippen molar-refractivity contribution in [1.29, 1.82) is 0 Å². The predicted octanol–water partition coefficient (Wildman–Crippen LogP) is 4.82. The Kier molecular flexibility index (Phi) is 4.59. The number of hydrogen-bond acceptors (Lipinski definition) is 3. The van der Waals surface area contributed by atoms with Gasteiger partial charge in [0.1, 0.15) is 17.1 Å². The van der Waals surface area contributed by atoms with Gasteiger partial charge in [0, 0.05) is 10.0 Å². The van der Waals surface area contributed by atoms with Crippen LogP contribution in [-0.4, -0.2) is 11.8 Å². The van der Waals surface area contributed by atoms with E-state index in [0.29, 0.717) is 22.2 Å². The highest BCUT2D eigenvalue weighted by Gasteiger charge is 2.34. The van der Waals surface area contributed by atoms with Crippen LogP contribution in [0.25, 0.3) is 17.4 Å². The second-order valence-corrected chi connectivity index (χ2v) is 7.07. The normalized spacial score (nSPS) is 15.5. The van der Waals surface area contributed by atoms with Crippen LogP contribution in [0.5, 0.6) is 0 Å². The molecule has 4 rings (SSSR count). The number of nitrogens with one attached hydrogen (secondary N) is 1. The van der Waals surface area contributed by atoms with Gasteiger partial charge in [0.15, 0.2) is 0 Å². The molecule has 1 saturated heterocycles. The fraction of sp³-hybridized carbons (Fsp3) is 0. The monoisotopic (exact) mass is 442 g/mol. The van der Waals surface area contributed by atoms with Crippen LogP contribution < -0.4 is 10.4 Å². The van der Waals surface area contributed by atoms with Gasteiger partial charge in [0.2, 0.25) is 0 Å². The van der Waals surface area contributed by atoms with Crippen molar-refractivity contribution in [2.24, 2.45) is 0 Å². The lowest BCUT2D eigenvalue weighted by Gasteiger charge is -2.13. The molecular weight excluding hydrogens is 432 g/mol. The van der Waals surface area contributed by atoms with Gasteiger partial charge in [0.05, 0.1) is 10.7 Å². The van der Waals surface area contributed by atoms with Crippen molar-refractivity contribution in [2.75, 3.05) is 5.01 Å². The average Bonchev–Trinajstić information content (AvgIpc) is 3.25. The Hall–Kier alpha value is -2.83. The summed E-state index contributed by atoms with van der Waals surface area (Å²) in [6.07, 6.45) is 1.44. The van der Waals surface area contributed by atoms with E-state index < -0.39 is 11.8 Å². The Morgan fingerprint density at radius 3 is 2.56 bits per heavy atom. The van der Waals surface area contributed by atoms with Crippen LogP contribution in [-0.2, 0) is 9.59 Å². The largest absolute Gasteiger partial charge is 0.457 e. The summed E-state index contributed by atoms with van der Waals surface area (Å²) in [4.78, 5) is 24.8. The van der Waals surface area contributed by atoms with Gasteiger partial charge >= 0.3 is 0 Å². The molecule has 0 bridgehead atoms. The number of carbonyl (C=O) groups excluding carboxylic acids is 2. The van der Waals surface area contributed by atoms with Crippen molar-refractivity contribution < 1.29 is 14.0 Å². The fourth-order valence-corrected chi connectivity index (χ4v) is 3.12. The molecule has 2 amide bonds. The van der Waals surface area contributed by atoms with Crippen LogP contribution in [0.2, 0.25) is 5.02 Å². The lowest BCUT2D eigenvalue weighted by Crippen LogP contribution is -2.35. The number of anilines is 1. The highest BCUT2D eigenvalue weighted by molar-refractivity contribution is 9.10. The summed E-state index contributed by atoms with van der Waals surface area (Å²) in [5.74, 6) is 0.0730. The van der Waals surface area contributed by atoms with Gasteiger partial charge in [-0.15, -0.1) is 0 Å². The molecule has 0 saturated carbocycles. The van der Waals surface area contributed by atoms with Crippen LogP contribution in [0.1, 0.15) is 5.76 Å². The Balaban J connectivity index is 1.62. The van der Waals surface area contributed by atoms with E-state index in [1.54, 1.807) is 42.5 Å². The van der Waals surface area contributed by atoms with Crippen molar-refractivity contribution in [3.05, 3.63) is 81.5 Å². The van der Waals surface area contributed by atoms with E-state index >= 15 is 0 Å². The summed E-state index contributed by atoms with van der Waals surface area (Å²) in [5.41, 5.74) is 3.94. The van der Waals surface area contributed by atoms with E-state index in [2.05, 4.69) is 21.4 Å². The minimum atomic E-state index is -0.478. The maximum absolute atomic E-state index is 12.6. The first-order chi connectivity index (χ1) is 13.0. The average molecular weight is 444 g/mol. The molecule has 2 aromatic carbocycles. The Morgan fingerprint density at radius 2 is 1.81 bits per heavy atom. The summed E-state index contributed by atoms with van der Waals surface area (Å²) in [5, 5.41) is 1.78. The smallest absolute Gasteiger partial charge is 0.282 e. The standard InChI is InChI=1S/C20H12BrClN2O3/c21-16-8-6-12(10-17(16)22)18-9-7-14(27-18)11-15-19(25)23-24(20(15)26)13-4-2-1-3-5-13/h1-11H,(H,23,25)/b15-11-. The highest BCUT2D eigenvalue weighted by Crippen LogP contribution is 2.30. The SMILES string of the molecule is O=C1NN(c2ccccc2)C(=O)/C1=C\c1ccc(-c2ccc(Br)c(Cl)c2)o1. The van der Waals surface area contributed by atoms with Crippen LogP contribution in [0, 0.1) is 0 Å². The van der Waals surface area contributed by atoms with Gasteiger partial charge in [-0.2, -0.15) is 0 Å². The molecule has 0 aliphatic carbocycles. The number of benzene rings is 2. The van der Waals surface area contributed by atoms with E-state index in [1.165, 1.54) is 11.1 Å². The molecule has 2 heterocycles. The molecule has 0 spiro atoms. The van der Waals surface area contributed by atoms with Crippen LogP contribution in [0.3, 0.4) is 0 Å². The summed E-state index contributed by atoms with van der Waals surface area (Å²) in [6.45, 7) is 0. The second kappa shape index (κ2) is 7.06. The molecule has 1 aliphatic heterocycles. The van der Waals surface area contributed by atoms with Gasteiger partial charge in [-0.25, -0.2) is 5.01 Å². The number of amides is 2. The Bertz CT molecular complexity index is 1080. The quantitative estimate of drug-likeness (QED) is 0.466. The number of furan rings is 1. The number of rotatable bonds is 3. The van der Waals surface area contributed by atoms with Gasteiger partial charge in [-0.05, 0) is 58.4 Å². The van der Waals surface area contributed by atoms with Crippen LogP contribution >= 0.6 is 27.5 Å². The Labute approximate surface area is 168 Å². The van der Waals surface area contributed by atoms with E-state index in [4.69, 9.17) is 16.0 Å².